The van der Waals surface area contributed by atoms with Crippen LogP contribution in [0, 0.1) is 0 Å². The third-order valence-corrected chi connectivity index (χ3v) is 4.10. The zero-order valence-electron chi connectivity index (χ0n) is 9.71. The van der Waals surface area contributed by atoms with Crippen LogP contribution in [0.5, 0.6) is 0 Å². The van der Waals surface area contributed by atoms with E-state index in [9.17, 15) is 0 Å². The van der Waals surface area contributed by atoms with Gasteiger partial charge in [-0.1, -0.05) is 53.3 Å². The molecule has 2 rings (SSSR count). The second-order valence-electron chi connectivity index (χ2n) is 4.55. The Kier molecular flexibility index (Phi) is 5.10. The second-order valence-corrected chi connectivity index (χ2v) is 5.63. The van der Waals surface area contributed by atoms with Crippen LogP contribution in [0.3, 0.4) is 0 Å². The average molecular weight is 329 g/mol. The molecule has 1 N–H and O–H groups in total. The Morgan fingerprint density at radius 1 is 1.19 bits per heavy atom. The number of hydrogen-bond donors (Lipinski definition) is 1. The smallest absolute Gasteiger partial charge is 0.00234 e. The third-order valence-electron chi connectivity index (χ3n) is 3.34. The summed E-state index contributed by atoms with van der Waals surface area (Å²) in [6, 6.07) is 8.84. The van der Waals surface area contributed by atoms with E-state index in [4.69, 9.17) is 0 Å². The van der Waals surface area contributed by atoms with Gasteiger partial charge in [0.2, 0.25) is 0 Å². The van der Waals surface area contributed by atoms with Gasteiger partial charge < -0.3 is 5.32 Å². The summed E-state index contributed by atoms with van der Waals surface area (Å²) in [7, 11) is 0. The summed E-state index contributed by atoms with van der Waals surface area (Å²) in [5.41, 5.74) is 3.13. The van der Waals surface area contributed by atoms with Crippen molar-refractivity contribution in [3.63, 3.8) is 0 Å². The Labute approximate surface area is 112 Å². The summed E-state index contributed by atoms with van der Waals surface area (Å²) in [6.45, 7) is 2.36. The van der Waals surface area contributed by atoms with E-state index >= 15 is 0 Å². The van der Waals surface area contributed by atoms with Crippen molar-refractivity contribution in [3.05, 3.63) is 35.4 Å². The maximum atomic E-state index is 3.58. The van der Waals surface area contributed by atoms with Crippen molar-refractivity contribution in [2.45, 2.75) is 31.6 Å². The van der Waals surface area contributed by atoms with Crippen molar-refractivity contribution in [3.8, 4) is 0 Å². The molecule has 1 atom stereocenters. The molecule has 1 nitrogen and oxygen atoms in total. The Balaban J connectivity index is 1.59. The lowest BCUT2D eigenvalue weighted by Gasteiger charge is -2.30. The lowest BCUT2D eigenvalue weighted by Crippen LogP contribution is -2.29. The van der Waals surface area contributed by atoms with E-state index in [2.05, 4.69) is 52.2 Å². The maximum Gasteiger partial charge on any atom is 0.00234 e. The molecule has 0 spiro atoms. The van der Waals surface area contributed by atoms with E-state index < -0.39 is 0 Å². The average Bonchev–Trinajstić information content (AvgIpc) is 2.28. The van der Waals surface area contributed by atoms with E-state index in [0.717, 1.165) is 5.92 Å². The number of halogens is 1. The molecule has 2 heteroatoms. The van der Waals surface area contributed by atoms with Crippen LogP contribution in [0.1, 0.15) is 36.3 Å². The summed E-state index contributed by atoms with van der Waals surface area (Å²) < 4.78 is 1.30. The fourth-order valence-electron chi connectivity index (χ4n) is 2.34. The van der Waals surface area contributed by atoms with Crippen LogP contribution >= 0.6 is 22.6 Å². The number of benzene rings is 1. The van der Waals surface area contributed by atoms with Gasteiger partial charge >= 0.3 is 0 Å². The highest BCUT2D eigenvalue weighted by Crippen LogP contribution is 2.33. The highest BCUT2D eigenvalue weighted by Gasteiger charge is 2.24. The van der Waals surface area contributed by atoms with Crippen LogP contribution in [-0.4, -0.2) is 17.5 Å². The molecule has 88 valence electrons. The number of alkyl halides is 1. The summed E-state index contributed by atoms with van der Waals surface area (Å²) in [4.78, 5) is 0. The van der Waals surface area contributed by atoms with Crippen LogP contribution in [-0.2, 0) is 6.42 Å². The standard InChI is InChI=1S/C14H20IN/c15-8-4-1-5-9-16-11-13-10-12-6-2-3-7-14(12)13/h2-3,6-7,13,16H,1,4-5,8-11H2. The molecule has 1 unspecified atom stereocenters. The Bertz CT molecular complexity index is 324. The summed E-state index contributed by atoms with van der Waals surface area (Å²) in [5, 5.41) is 3.58. The van der Waals surface area contributed by atoms with E-state index in [1.54, 1.807) is 11.1 Å². The summed E-state index contributed by atoms with van der Waals surface area (Å²) in [5.74, 6) is 0.778. The van der Waals surface area contributed by atoms with Crippen molar-refractivity contribution in [1.82, 2.24) is 5.32 Å². The van der Waals surface area contributed by atoms with E-state index in [-0.39, 0.29) is 0 Å². The van der Waals surface area contributed by atoms with Gasteiger partial charge in [0.15, 0.2) is 0 Å². The SMILES string of the molecule is ICCCCCNCC1Cc2ccccc21. The van der Waals surface area contributed by atoms with Crippen molar-refractivity contribution >= 4 is 22.6 Å². The fraction of sp³-hybridized carbons (Fsp3) is 0.571. The first-order valence-corrected chi connectivity index (χ1v) is 7.79. The first-order chi connectivity index (χ1) is 7.92. The van der Waals surface area contributed by atoms with E-state index in [0.29, 0.717) is 0 Å². The number of fused-ring (bicyclic) bond motifs is 1. The van der Waals surface area contributed by atoms with Crippen molar-refractivity contribution in [1.29, 1.82) is 0 Å². The molecule has 0 saturated heterocycles. The predicted octanol–water partition coefficient (Wildman–Crippen LogP) is 3.52. The zero-order chi connectivity index (χ0) is 11.2. The molecule has 0 fully saturated rings. The molecular weight excluding hydrogens is 309 g/mol. The van der Waals surface area contributed by atoms with Gasteiger partial charge in [0, 0.05) is 12.5 Å². The van der Waals surface area contributed by atoms with Crippen LogP contribution in [0.4, 0.5) is 0 Å². The van der Waals surface area contributed by atoms with Gasteiger partial charge in [-0.05, 0) is 41.4 Å². The molecule has 1 aliphatic carbocycles. The molecule has 0 bridgehead atoms. The van der Waals surface area contributed by atoms with Crippen molar-refractivity contribution in [2.24, 2.45) is 0 Å². The lowest BCUT2D eigenvalue weighted by molar-refractivity contribution is 0.523. The summed E-state index contributed by atoms with van der Waals surface area (Å²) in [6.07, 6.45) is 5.35. The van der Waals surface area contributed by atoms with Gasteiger partial charge in [-0.2, -0.15) is 0 Å². The monoisotopic (exact) mass is 329 g/mol. The molecule has 0 aromatic heterocycles. The van der Waals surface area contributed by atoms with Gasteiger partial charge in [-0.15, -0.1) is 0 Å². The summed E-state index contributed by atoms with van der Waals surface area (Å²) >= 11 is 2.45. The minimum absolute atomic E-state index is 0.778. The van der Waals surface area contributed by atoms with Crippen LogP contribution in [0.15, 0.2) is 24.3 Å². The lowest BCUT2D eigenvalue weighted by atomic mass is 9.77. The van der Waals surface area contributed by atoms with Gasteiger partial charge in [0.1, 0.15) is 0 Å². The minimum atomic E-state index is 0.778. The first-order valence-electron chi connectivity index (χ1n) is 6.26. The highest BCUT2D eigenvalue weighted by molar-refractivity contribution is 14.1. The van der Waals surface area contributed by atoms with Crippen molar-refractivity contribution < 1.29 is 0 Å². The molecule has 1 aromatic rings. The molecular formula is C14H20IN. The molecule has 0 heterocycles. The first kappa shape index (κ1) is 12.4. The molecule has 0 radical (unpaired) electrons. The normalized spacial score (nSPS) is 17.9. The Hall–Kier alpha value is -0.0900. The molecule has 1 aromatic carbocycles. The van der Waals surface area contributed by atoms with Crippen molar-refractivity contribution in [2.75, 3.05) is 17.5 Å². The third kappa shape index (κ3) is 3.20. The molecule has 16 heavy (non-hydrogen) atoms. The second kappa shape index (κ2) is 6.60. The van der Waals surface area contributed by atoms with Gasteiger partial charge in [0.25, 0.3) is 0 Å². The van der Waals surface area contributed by atoms with Crippen LogP contribution in [0.25, 0.3) is 0 Å². The maximum absolute atomic E-state index is 3.58. The molecule has 0 saturated carbocycles. The molecule has 0 aliphatic heterocycles. The topological polar surface area (TPSA) is 12.0 Å². The predicted molar refractivity (Wildman–Crippen MR) is 78.5 cm³/mol. The fourth-order valence-corrected chi connectivity index (χ4v) is 2.88. The number of unbranched alkanes of at least 4 members (excludes halogenated alkanes) is 2. The molecule has 0 amide bonds. The van der Waals surface area contributed by atoms with Gasteiger partial charge in [0.05, 0.1) is 0 Å². The quantitative estimate of drug-likeness (QED) is 0.458. The number of hydrogen-bond acceptors (Lipinski definition) is 1. The largest absolute Gasteiger partial charge is 0.316 e. The van der Waals surface area contributed by atoms with Gasteiger partial charge in [-0.3, -0.25) is 0 Å². The zero-order valence-corrected chi connectivity index (χ0v) is 11.9. The highest BCUT2D eigenvalue weighted by atomic mass is 127. The van der Waals surface area contributed by atoms with Crippen LogP contribution in [0.2, 0.25) is 0 Å². The van der Waals surface area contributed by atoms with Gasteiger partial charge in [-0.25, -0.2) is 0 Å². The molecule has 1 aliphatic rings. The number of rotatable bonds is 7. The van der Waals surface area contributed by atoms with E-state index in [1.165, 1.54) is 43.2 Å². The van der Waals surface area contributed by atoms with Crippen LogP contribution < -0.4 is 5.32 Å². The number of nitrogens with one attached hydrogen (secondary N) is 1. The minimum Gasteiger partial charge on any atom is -0.316 e. The van der Waals surface area contributed by atoms with E-state index in [1.807, 2.05) is 0 Å². The Morgan fingerprint density at radius 2 is 2.06 bits per heavy atom. The Morgan fingerprint density at radius 3 is 2.88 bits per heavy atom.